The first-order valence-electron chi connectivity index (χ1n) is 14.9. The van der Waals surface area contributed by atoms with E-state index in [0.717, 1.165) is 38.3 Å². The minimum Gasteiger partial charge on any atom is -0.367 e. The van der Waals surface area contributed by atoms with Gasteiger partial charge < -0.3 is 20.0 Å². The maximum Gasteiger partial charge on any atom is 0.417 e. The number of hydrogen-bond donors (Lipinski definition) is 1. The molecule has 0 aliphatic carbocycles. The molecule has 1 aromatic heterocycles. The van der Waals surface area contributed by atoms with Gasteiger partial charge in [0.05, 0.1) is 22.5 Å². The fourth-order valence-corrected chi connectivity index (χ4v) is 5.75. The molecule has 3 aromatic rings. The maximum atomic E-state index is 15.8. The zero-order valence-electron chi connectivity index (χ0n) is 26.0. The maximum absolute atomic E-state index is 15.8. The average Bonchev–Trinajstić information content (AvgIpc) is 2.98. The van der Waals surface area contributed by atoms with Crippen LogP contribution < -0.4 is 15.1 Å². The van der Waals surface area contributed by atoms with Gasteiger partial charge in [0.2, 0.25) is 5.95 Å². The Morgan fingerprint density at radius 3 is 2.16 bits per heavy atom. The molecule has 1 N–H and O–H groups in total. The first kappa shape index (κ1) is 32.6. The van der Waals surface area contributed by atoms with E-state index < -0.39 is 34.8 Å². The first-order valence-corrected chi connectivity index (χ1v) is 14.9. The van der Waals surface area contributed by atoms with Gasteiger partial charge in [-0.1, -0.05) is 0 Å². The van der Waals surface area contributed by atoms with Crippen molar-refractivity contribution in [3.8, 4) is 11.1 Å². The van der Waals surface area contributed by atoms with E-state index in [2.05, 4.69) is 50.8 Å². The number of nitrogens with one attached hydrogen (secondary N) is 1. The Morgan fingerprint density at radius 2 is 1.56 bits per heavy atom. The van der Waals surface area contributed by atoms with Gasteiger partial charge in [0, 0.05) is 80.9 Å². The molecule has 242 valence electrons. The second-order valence-electron chi connectivity index (χ2n) is 12.7. The minimum absolute atomic E-state index is 0.0563. The third-order valence-corrected chi connectivity index (χ3v) is 8.63. The molecule has 45 heavy (non-hydrogen) atoms. The normalized spacial score (nSPS) is 18.8. The fourth-order valence-electron chi connectivity index (χ4n) is 5.75. The van der Waals surface area contributed by atoms with Crippen LogP contribution in [-0.4, -0.2) is 90.1 Å². The lowest BCUT2D eigenvalue weighted by molar-refractivity contribution is -0.138. The van der Waals surface area contributed by atoms with Gasteiger partial charge >= 0.3 is 6.18 Å². The van der Waals surface area contributed by atoms with Gasteiger partial charge in [-0.3, -0.25) is 9.69 Å². The van der Waals surface area contributed by atoms with E-state index in [-0.39, 0.29) is 28.9 Å². The Balaban J connectivity index is 1.47. The molecule has 0 radical (unpaired) electrons. The Hall–Kier alpha value is -3.84. The standard InChI is InChI=1S/C32H38F5N7O/c1-20-19-43(9-8-41(20)5)28-16-26(34)24(15-27(28)40-29(45)23-7-6-22(33)14-25(23)32(35,36)37)21-17-38-30(39-18-21)42-10-12-44(13-11-42)31(2,3)4/h6-7,14-18,20H,8-13,19H2,1-5H3,(H,40,45)/t20-/m0/s1. The largest absolute Gasteiger partial charge is 0.417 e. The molecule has 3 heterocycles. The van der Waals surface area contributed by atoms with E-state index in [1.165, 1.54) is 24.5 Å². The molecular formula is C32H38F5N7O. The highest BCUT2D eigenvalue weighted by Gasteiger charge is 2.36. The van der Waals surface area contributed by atoms with Crippen LogP contribution in [0.5, 0.6) is 0 Å². The van der Waals surface area contributed by atoms with Crippen molar-refractivity contribution in [1.29, 1.82) is 0 Å². The van der Waals surface area contributed by atoms with Gasteiger partial charge in [-0.25, -0.2) is 18.7 Å². The third kappa shape index (κ3) is 7.19. The number of piperazine rings is 2. The van der Waals surface area contributed by atoms with E-state index in [9.17, 15) is 22.4 Å². The van der Waals surface area contributed by atoms with Crippen LogP contribution in [0.1, 0.15) is 43.6 Å². The molecular weight excluding hydrogens is 593 g/mol. The minimum atomic E-state index is -4.96. The lowest BCUT2D eigenvalue weighted by Crippen LogP contribution is -2.53. The summed E-state index contributed by atoms with van der Waals surface area (Å²) < 4.78 is 70.7. The Bertz CT molecular complexity index is 1530. The Labute approximate surface area is 259 Å². The summed E-state index contributed by atoms with van der Waals surface area (Å²) in [5.74, 6) is -2.29. The lowest BCUT2D eigenvalue weighted by atomic mass is 10.0. The lowest BCUT2D eigenvalue weighted by Gasteiger charge is -2.42. The predicted octanol–water partition coefficient (Wildman–Crippen LogP) is 5.75. The molecule has 8 nitrogen and oxygen atoms in total. The number of halogens is 5. The SMILES string of the molecule is C[C@H]1CN(c2cc(F)c(-c3cnc(N4CCN(C(C)(C)C)CC4)nc3)cc2NC(=O)c2ccc(F)cc2C(F)(F)F)CCN1C. The zero-order valence-corrected chi connectivity index (χ0v) is 26.0. The summed E-state index contributed by atoms with van der Waals surface area (Å²) in [5.41, 5.74) is -1.22. The summed E-state index contributed by atoms with van der Waals surface area (Å²) in [5, 5.41) is 2.56. The number of nitrogens with zero attached hydrogens (tertiary/aromatic N) is 6. The van der Waals surface area contributed by atoms with Crippen LogP contribution in [0.25, 0.3) is 11.1 Å². The number of rotatable bonds is 5. The van der Waals surface area contributed by atoms with Crippen molar-refractivity contribution in [3.63, 3.8) is 0 Å². The van der Waals surface area contributed by atoms with Crippen LogP contribution in [0.15, 0.2) is 42.7 Å². The number of carbonyl (C=O) groups excluding carboxylic acids is 1. The van der Waals surface area contributed by atoms with Crippen molar-refractivity contribution < 1.29 is 26.7 Å². The average molecular weight is 632 g/mol. The molecule has 0 saturated carbocycles. The molecule has 13 heteroatoms. The van der Waals surface area contributed by atoms with Crippen LogP contribution in [0.4, 0.5) is 39.3 Å². The van der Waals surface area contributed by atoms with Crippen molar-refractivity contribution in [2.24, 2.45) is 0 Å². The summed E-state index contributed by atoms with van der Waals surface area (Å²) in [6.45, 7) is 13.4. The molecule has 1 atom stereocenters. The number of benzene rings is 2. The van der Waals surface area contributed by atoms with Gasteiger partial charge in [0.15, 0.2) is 0 Å². The number of aromatic nitrogens is 2. The van der Waals surface area contributed by atoms with Crippen molar-refractivity contribution in [2.75, 3.05) is 68.0 Å². The van der Waals surface area contributed by atoms with Gasteiger partial charge in [-0.05, 0) is 65.1 Å². The number of hydrogen-bond acceptors (Lipinski definition) is 7. The number of alkyl halides is 3. The van der Waals surface area contributed by atoms with Crippen molar-refractivity contribution in [3.05, 3.63) is 65.5 Å². The molecule has 5 rings (SSSR count). The third-order valence-electron chi connectivity index (χ3n) is 8.63. The van der Waals surface area contributed by atoms with E-state index in [1.54, 1.807) is 0 Å². The van der Waals surface area contributed by atoms with E-state index in [4.69, 9.17) is 0 Å². The molecule has 2 saturated heterocycles. The van der Waals surface area contributed by atoms with Crippen LogP contribution in [0.2, 0.25) is 0 Å². The topological polar surface area (TPSA) is 67.8 Å². The van der Waals surface area contributed by atoms with Crippen molar-refractivity contribution in [2.45, 2.75) is 45.5 Å². The summed E-state index contributed by atoms with van der Waals surface area (Å²) in [6.07, 6.45) is -1.96. The quantitative estimate of drug-likeness (QED) is 0.360. The van der Waals surface area contributed by atoms with Gasteiger partial charge in [-0.15, -0.1) is 0 Å². The molecule has 2 fully saturated rings. The number of anilines is 3. The highest BCUT2D eigenvalue weighted by Crippen LogP contribution is 2.37. The Kier molecular flexibility index (Phi) is 9.05. The van der Waals surface area contributed by atoms with E-state index in [0.29, 0.717) is 36.8 Å². The van der Waals surface area contributed by atoms with Crippen LogP contribution in [0.3, 0.4) is 0 Å². The summed E-state index contributed by atoms with van der Waals surface area (Å²) in [6, 6.07) is 4.65. The van der Waals surface area contributed by atoms with E-state index >= 15 is 4.39 Å². The number of amides is 1. The monoisotopic (exact) mass is 631 g/mol. The Morgan fingerprint density at radius 1 is 0.911 bits per heavy atom. The molecule has 0 spiro atoms. The summed E-state index contributed by atoms with van der Waals surface area (Å²) in [7, 11) is 1.97. The van der Waals surface area contributed by atoms with Gasteiger partial charge in [-0.2, -0.15) is 13.2 Å². The molecule has 1 amide bonds. The summed E-state index contributed by atoms with van der Waals surface area (Å²) in [4.78, 5) is 30.7. The molecule has 0 unspecified atom stereocenters. The highest BCUT2D eigenvalue weighted by molar-refractivity contribution is 6.07. The van der Waals surface area contributed by atoms with E-state index in [1.807, 2.05) is 18.9 Å². The predicted molar refractivity (Wildman–Crippen MR) is 165 cm³/mol. The van der Waals surface area contributed by atoms with Crippen molar-refractivity contribution in [1.82, 2.24) is 19.8 Å². The number of carbonyl (C=O) groups is 1. The number of likely N-dealkylation sites (N-methyl/N-ethyl adjacent to an activating group) is 1. The van der Waals surface area contributed by atoms with Gasteiger partial charge in [0.25, 0.3) is 5.91 Å². The van der Waals surface area contributed by atoms with Gasteiger partial charge in [0.1, 0.15) is 11.6 Å². The molecule has 2 aliphatic heterocycles. The van der Waals surface area contributed by atoms with Crippen LogP contribution in [-0.2, 0) is 6.18 Å². The molecule has 2 aliphatic rings. The zero-order chi connectivity index (χ0) is 32.7. The highest BCUT2D eigenvalue weighted by atomic mass is 19.4. The van der Waals surface area contributed by atoms with Crippen molar-refractivity contribution >= 4 is 23.2 Å². The van der Waals surface area contributed by atoms with Crippen LogP contribution in [0, 0.1) is 11.6 Å². The second-order valence-corrected chi connectivity index (χ2v) is 12.7. The fraction of sp³-hybridized carbons (Fsp3) is 0.469. The molecule has 0 bridgehead atoms. The van der Waals surface area contributed by atoms with Crippen LogP contribution >= 0.6 is 0 Å². The smallest absolute Gasteiger partial charge is 0.367 e. The summed E-state index contributed by atoms with van der Waals surface area (Å²) >= 11 is 0. The first-order chi connectivity index (χ1) is 21.1. The molecule has 2 aromatic carbocycles. The second kappa shape index (κ2) is 12.5.